The zero-order valence-corrected chi connectivity index (χ0v) is 13.0. The minimum Gasteiger partial charge on any atom is -0.198 e. The summed E-state index contributed by atoms with van der Waals surface area (Å²) in [4.78, 5) is 0. The monoisotopic (exact) mass is 295 g/mol. The van der Waals surface area contributed by atoms with Crippen LogP contribution in [0.5, 0.6) is 0 Å². The van der Waals surface area contributed by atoms with E-state index < -0.39 is 0 Å². The van der Waals surface area contributed by atoms with Gasteiger partial charge in [-0.05, 0) is 55.2 Å². The van der Waals surface area contributed by atoms with Gasteiger partial charge in [0.1, 0.15) is 0 Å². The van der Waals surface area contributed by atoms with E-state index in [2.05, 4.69) is 19.9 Å². The van der Waals surface area contributed by atoms with Crippen LogP contribution in [0.1, 0.15) is 45.1 Å². The van der Waals surface area contributed by atoms with E-state index >= 15 is 0 Å². The number of nitrogens with zero attached hydrogens (tertiary/aromatic N) is 1. The molecular formula is C16H19Cl2N. The van der Waals surface area contributed by atoms with Crippen LogP contribution in [0.25, 0.3) is 0 Å². The summed E-state index contributed by atoms with van der Waals surface area (Å²) in [5.41, 5.74) is 1.25. The lowest BCUT2D eigenvalue weighted by molar-refractivity contribution is 0.146. The number of nitriles is 1. The Labute approximate surface area is 125 Å². The average molecular weight is 296 g/mol. The van der Waals surface area contributed by atoms with Crippen LogP contribution in [0, 0.1) is 22.2 Å². The lowest BCUT2D eigenvalue weighted by Gasteiger charge is -2.39. The van der Waals surface area contributed by atoms with Crippen molar-refractivity contribution < 1.29 is 0 Å². The molecule has 0 heterocycles. The fraction of sp³-hybridized carbons (Fsp3) is 0.562. The number of halogens is 2. The Kier molecular flexibility index (Phi) is 4.14. The smallest absolute Gasteiger partial charge is 0.0693 e. The van der Waals surface area contributed by atoms with Crippen molar-refractivity contribution in [3.05, 3.63) is 33.8 Å². The first-order valence-electron chi connectivity index (χ1n) is 6.71. The van der Waals surface area contributed by atoms with Gasteiger partial charge in [0.2, 0.25) is 0 Å². The Morgan fingerprint density at radius 1 is 1.11 bits per heavy atom. The molecule has 102 valence electrons. The molecule has 1 aliphatic rings. The van der Waals surface area contributed by atoms with Gasteiger partial charge in [-0.15, -0.1) is 0 Å². The molecular weight excluding hydrogens is 277 g/mol. The molecule has 0 aliphatic heterocycles. The first kappa shape index (κ1) is 14.7. The Bertz CT molecular complexity index is 504. The fourth-order valence-electron chi connectivity index (χ4n) is 2.77. The van der Waals surface area contributed by atoms with Crippen LogP contribution in [0.15, 0.2) is 18.2 Å². The zero-order valence-electron chi connectivity index (χ0n) is 11.5. The molecule has 1 saturated carbocycles. The summed E-state index contributed by atoms with van der Waals surface area (Å²) in [6, 6.07) is 8.25. The van der Waals surface area contributed by atoms with Gasteiger partial charge < -0.3 is 0 Å². The maximum Gasteiger partial charge on any atom is 0.0693 e. The molecule has 1 aromatic rings. The average Bonchev–Trinajstić information content (AvgIpc) is 2.37. The predicted molar refractivity (Wildman–Crippen MR) is 80.5 cm³/mol. The van der Waals surface area contributed by atoms with E-state index in [1.165, 1.54) is 0 Å². The predicted octanol–water partition coefficient (Wildman–Crippen LogP) is 5.65. The molecule has 1 fully saturated rings. The van der Waals surface area contributed by atoms with Crippen molar-refractivity contribution in [2.45, 2.75) is 46.0 Å². The summed E-state index contributed by atoms with van der Waals surface area (Å²) in [5, 5.41) is 10.7. The Balaban J connectivity index is 2.16. The van der Waals surface area contributed by atoms with Crippen molar-refractivity contribution in [1.29, 1.82) is 5.26 Å². The Hall–Kier alpha value is -0.710. The maximum atomic E-state index is 9.59. The van der Waals surface area contributed by atoms with E-state index in [0.717, 1.165) is 37.7 Å². The van der Waals surface area contributed by atoms with E-state index in [0.29, 0.717) is 15.5 Å². The van der Waals surface area contributed by atoms with Crippen LogP contribution in [0.4, 0.5) is 0 Å². The first-order chi connectivity index (χ1) is 8.86. The lowest BCUT2D eigenvalue weighted by atomic mass is 9.64. The molecule has 0 bridgehead atoms. The highest BCUT2D eigenvalue weighted by Gasteiger charge is 2.38. The number of rotatable bonds is 2. The first-order valence-corrected chi connectivity index (χ1v) is 7.47. The quantitative estimate of drug-likeness (QED) is 0.692. The summed E-state index contributed by atoms with van der Waals surface area (Å²) in [6.45, 7) is 4.57. The summed E-state index contributed by atoms with van der Waals surface area (Å²) >= 11 is 12.0. The van der Waals surface area contributed by atoms with Gasteiger partial charge >= 0.3 is 0 Å². The summed E-state index contributed by atoms with van der Waals surface area (Å²) in [6.07, 6.45) is 4.94. The second kappa shape index (κ2) is 5.35. The Morgan fingerprint density at radius 2 is 1.74 bits per heavy atom. The normalized spacial score (nSPS) is 20.8. The molecule has 2 rings (SSSR count). The third-order valence-corrected chi connectivity index (χ3v) is 5.06. The highest BCUT2D eigenvalue weighted by atomic mass is 35.5. The van der Waals surface area contributed by atoms with Crippen LogP contribution < -0.4 is 0 Å². The van der Waals surface area contributed by atoms with E-state index in [1.807, 2.05) is 18.2 Å². The molecule has 3 heteroatoms. The second-order valence-electron chi connectivity index (χ2n) is 6.48. The van der Waals surface area contributed by atoms with Crippen LogP contribution in [0.2, 0.25) is 10.0 Å². The van der Waals surface area contributed by atoms with Crippen LogP contribution in [-0.4, -0.2) is 0 Å². The van der Waals surface area contributed by atoms with Crippen molar-refractivity contribution in [1.82, 2.24) is 0 Å². The summed E-state index contributed by atoms with van der Waals surface area (Å²) < 4.78 is 0. The summed E-state index contributed by atoms with van der Waals surface area (Å²) in [5.74, 6) is 0. The van der Waals surface area contributed by atoms with Gasteiger partial charge in [0.05, 0.1) is 21.5 Å². The summed E-state index contributed by atoms with van der Waals surface area (Å²) in [7, 11) is 0. The SMILES string of the molecule is CC1(C)CCC(C#N)(Cc2ccc(Cl)c(Cl)c2)CC1. The topological polar surface area (TPSA) is 23.8 Å². The standard InChI is InChI=1S/C16H19Cl2N/c1-15(2)5-7-16(11-19,8-6-15)10-12-3-4-13(17)14(18)9-12/h3-4,9H,5-8,10H2,1-2H3. The van der Waals surface area contributed by atoms with Gasteiger partial charge in [-0.1, -0.05) is 43.1 Å². The van der Waals surface area contributed by atoms with E-state index in [4.69, 9.17) is 23.2 Å². The second-order valence-corrected chi connectivity index (χ2v) is 7.30. The highest BCUT2D eigenvalue weighted by Crippen LogP contribution is 2.46. The molecule has 19 heavy (non-hydrogen) atoms. The molecule has 0 radical (unpaired) electrons. The van der Waals surface area contributed by atoms with Gasteiger partial charge in [0.25, 0.3) is 0 Å². The van der Waals surface area contributed by atoms with Gasteiger partial charge in [-0.3, -0.25) is 0 Å². The zero-order chi connectivity index (χ0) is 14.1. The van der Waals surface area contributed by atoms with Gasteiger partial charge in [0, 0.05) is 0 Å². The molecule has 1 aliphatic carbocycles. The third kappa shape index (κ3) is 3.44. The maximum absolute atomic E-state index is 9.59. The lowest BCUT2D eigenvalue weighted by Crippen LogP contribution is -2.31. The van der Waals surface area contributed by atoms with E-state index in [-0.39, 0.29) is 5.41 Å². The fourth-order valence-corrected chi connectivity index (χ4v) is 3.09. The molecule has 0 N–H and O–H groups in total. The number of hydrogen-bond acceptors (Lipinski definition) is 1. The highest BCUT2D eigenvalue weighted by molar-refractivity contribution is 6.42. The van der Waals surface area contributed by atoms with Gasteiger partial charge in [0.15, 0.2) is 0 Å². The molecule has 0 amide bonds. The van der Waals surface area contributed by atoms with Gasteiger partial charge in [-0.25, -0.2) is 0 Å². The van der Waals surface area contributed by atoms with Crippen LogP contribution in [0.3, 0.4) is 0 Å². The van der Waals surface area contributed by atoms with Crippen molar-refractivity contribution in [3.8, 4) is 6.07 Å². The van der Waals surface area contributed by atoms with E-state index in [1.54, 1.807) is 0 Å². The molecule has 0 aromatic heterocycles. The molecule has 0 saturated heterocycles. The van der Waals surface area contributed by atoms with Crippen LogP contribution in [-0.2, 0) is 6.42 Å². The molecule has 0 spiro atoms. The Morgan fingerprint density at radius 3 is 2.26 bits per heavy atom. The van der Waals surface area contributed by atoms with Crippen molar-refractivity contribution in [2.24, 2.45) is 10.8 Å². The minimum absolute atomic E-state index is 0.229. The van der Waals surface area contributed by atoms with E-state index in [9.17, 15) is 5.26 Å². The van der Waals surface area contributed by atoms with Crippen molar-refractivity contribution >= 4 is 23.2 Å². The van der Waals surface area contributed by atoms with Crippen molar-refractivity contribution in [2.75, 3.05) is 0 Å². The third-order valence-electron chi connectivity index (χ3n) is 4.32. The molecule has 0 unspecified atom stereocenters. The minimum atomic E-state index is -0.229. The number of hydrogen-bond donors (Lipinski definition) is 0. The molecule has 1 aromatic carbocycles. The van der Waals surface area contributed by atoms with Crippen LogP contribution >= 0.6 is 23.2 Å². The van der Waals surface area contributed by atoms with Crippen molar-refractivity contribution in [3.63, 3.8) is 0 Å². The number of benzene rings is 1. The molecule has 1 nitrogen and oxygen atoms in total. The van der Waals surface area contributed by atoms with Gasteiger partial charge in [-0.2, -0.15) is 5.26 Å². The largest absolute Gasteiger partial charge is 0.198 e. The molecule has 0 atom stereocenters.